The van der Waals surface area contributed by atoms with Gasteiger partial charge in [0.15, 0.2) is 5.96 Å². The van der Waals surface area contributed by atoms with Gasteiger partial charge in [0.25, 0.3) is 0 Å². The number of likely N-dealkylation sites (tertiary alicyclic amines) is 1. The van der Waals surface area contributed by atoms with Crippen molar-refractivity contribution in [3.8, 4) is 0 Å². The van der Waals surface area contributed by atoms with Crippen LogP contribution in [-0.4, -0.2) is 57.0 Å². The fourth-order valence-corrected chi connectivity index (χ4v) is 3.27. The van der Waals surface area contributed by atoms with E-state index in [1.807, 2.05) is 6.92 Å². The zero-order valence-corrected chi connectivity index (χ0v) is 13.6. The molecule has 2 N–H and O–H groups in total. The van der Waals surface area contributed by atoms with Crippen LogP contribution in [0.2, 0.25) is 0 Å². The van der Waals surface area contributed by atoms with Gasteiger partial charge in [0.05, 0.1) is 6.54 Å². The fourth-order valence-electron chi connectivity index (χ4n) is 2.29. The van der Waals surface area contributed by atoms with E-state index in [2.05, 4.69) is 24.9 Å². The predicted octanol–water partition coefficient (Wildman–Crippen LogP) is 0.421. The van der Waals surface area contributed by atoms with Gasteiger partial charge in [-0.05, 0) is 31.9 Å². The summed E-state index contributed by atoms with van der Waals surface area (Å²) in [6.07, 6.45) is 5.23. The molecule has 1 aromatic heterocycles. The van der Waals surface area contributed by atoms with Gasteiger partial charge in [-0.25, -0.2) is 13.1 Å². The molecule has 1 aliphatic heterocycles. The molecule has 2 heterocycles. The molecule has 0 amide bonds. The molecular weight excluding hydrogens is 302 g/mol. The van der Waals surface area contributed by atoms with Crippen molar-refractivity contribution in [1.82, 2.24) is 19.9 Å². The van der Waals surface area contributed by atoms with E-state index in [0.717, 1.165) is 25.6 Å². The molecule has 22 heavy (non-hydrogen) atoms. The van der Waals surface area contributed by atoms with Crippen molar-refractivity contribution in [3.05, 3.63) is 24.5 Å². The average Bonchev–Trinajstić information content (AvgIpc) is 3.05. The summed E-state index contributed by atoms with van der Waals surface area (Å²) in [5.74, 6) is 0.862. The Labute approximate surface area is 131 Å². The zero-order valence-electron chi connectivity index (χ0n) is 12.8. The van der Waals surface area contributed by atoms with Crippen molar-refractivity contribution >= 4 is 16.0 Å². The Morgan fingerprint density at radius 1 is 1.41 bits per heavy atom. The number of nitrogens with zero attached hydrogens (tertiary/aromatic N) is 3. The summed E-state index contributed by atoms with van der Waals surface area (Å²) in [5, 5.41) is 3.24. The molecule has 0 unspecified atom stereocenters. The van der Waals surface area contributed by atoms with E-state index in [-0.39, 0.29) is 11.4 Å². The van der Waals surface area contributed by atoms with Crippen LogP contribution in [0.5, 0.6) is 0 Å². The second-order valence-electron chi connectivity index (χ2n) is 5.02. The first-order valence-corrected chi connectivity index (χ1v) is 9.05. The summed E-state index contributed by atoms with van der Waals surface area (Å²) in [5.41, 5.74) is 0. The van der Waals surface area contributed by atoms with E-state index in [1.165, 1.54) is 25.1 Å². The molecule has 0 atom stereocenters. The molecule has 1 aromatic rings. The third-order valence-electron chi connectivity index (χ3n) is 3.35. The normalized spacial score (nSPS) is 16.0. The lowest BCUT2D eigenvalue weighted by Gasteiger charge is -2.20. The van der Waals surface area contributed by atoms with Crippen molar-refractivity contribution in [3.63, 3.8) is 0 Å². The van der Waals surface area contributed by atoms with Crippen molar-refractivity contribution in [2.24, 2.45) is 4.99 Å². The number of pyridine rings is 1. The molecule has 1 saturated heterocycles. The molecule has 0 spiro atoms. The lowest BCUT2D eigenvalue weighted by atomic mass is 10.4. The topological polar surface area (TPSA) is 86.7 Å². The summed E-state index contributed by atoms with van der Waals surface area (Å²) in [4.78, 5) is 10.7. The number of hydrogen-bond donors (Lipinski definition) is 2. The summed E-state index contributed by atoms with van der Waals surface area (Å²) in [6, 6.07) is 3.12. The molecule has 8 heteroatoms. The third kappa shape index (κ3) is 4.67. The lowest BCUT2D eigenvalue weighted by Crippen LogP contribution is -2.40. The predicted molar refractivity (Wildman–Crippen MR) is 86.2 cm³/mol. The number of aliphatic imine (C=N–C) groups is 1. The summed E-state index contributed by atoms with van der Waals surface area (Å²) in [6.45, 7) is 5.51. The van der Waals surface area contributed by atoms with Crippen molar-refractivity contribution in [2.75, 3.05) is 32.7 Å². The average molecular weight is 325 g/mol. The highest BCUT2D eigenvalue weighted by atomic mass is 32.2. The standard InChI is InChI=1S/C14H23N5O2S/c1-2-16-14(19-10-3-4-11-19)17-8-9-18-22(20,21)13-6-5-7-15-12-13/h5-7,12,18H,2-4,8-11H2,1H3,(H,16,17). The number of nitrogens with one attached hydrogen (secondary N) is 2. The maximum atomic E-state index is 12.0. The first kappa shape index (κ1) is 16.7. The summed E-state index contributed by atoms with van der Waals surface area (Å²) < 4.78 is 26.6. The highest BCUT2D eigenvalue weighted by Crippen LogP contribution is 2.07. The maximum Gasteiger partial charge on any atom is 0.242 e. The molecule has 1 aliphatic rings. The van der Waals surface area contributed by atoms with Crippen LogP contribution in [0.1, 0.15) is 19.8 Å². The van der Waals surface area contributed by atoms with Crippen LogP contribution >= 0.6 is 0 Å². The van der Waals surface area contributed by atoms with Gasteiger partial charge in [0, 0.05) is 38.6 Å². The largest absolute Gasteiger partial charge is 0.357 e. The van der Waals surface area contributed by atoms with Gasteiger partial charge in [0.2, 0.25) is 10.0 Å². The van der Waals surface area contributed by atoms with E-state index >= 15 is 0 Å². The second-order valence-corrected chi connectivity index (χ2v) is 6.78. The van der Waals surface area contributed by atoms with Gasteiger partial charge in [-0.1, -0.05) is 0 Å². The quantitative estimate of drug-likeness (QED) is 0.450. The number of rotatable bonds is 6. The van der Waals surface area contributed by atoms with E-state index in [9.17, 15) is 8.42 Å². The van der Waals surface area contributed by atoms with Gasteiger partial charge < -0.3 is 10.2 Å². The Morgan fingerprint density at radius 2 is 2.18 bits per heavy atom. The minimum absolute atomic E-state index is 0.172. The molecule has 0 bridgehead atoms. The molecule has 0 saturated carbocycles. The van der Waals surface area contributed by atoms with Gasteiger partial charge in [-0.2, -0.15) is 0 Å². The molecule has 2 rings (SSSR count). The van der Waals surface area contributed by atoms with Crippen LogP contribution in [0, 0.1) is 0 Å². The Bertz CT molecular complexity index is 583. The lowest BCUT2D eigenvalue weighted by molar-refractivity contribution is 0.493. The third-order valence-corrected chi connectivity index (χ3v) is 4.80. The Hall–Kier alpha value is -1.67. The van der Waals surface area contributed by atoms with Crippen LogP contribution in [0.25, 0.3) is 0 Å². The molecule has 0 aliphatic carbocycles. The molecule has 1 fully saturated rings. The van der Waals surface area contributed by atoms with Crippen LogP contribution in [0.15, 0.2) is 34.4 Å². The second kappa shape index (κ2) is 8.09. The van der Waals surface area contributed by atoms with E-state index in [1.54, 1.807) is 12.3 Å². The Morgan fingerprint density at radius 3 is 2.82 bits per heavy atom. The van der Waals surface area contributed by atoms with E-state index in [0.29, 0.717) is 6.54 Å². The first-order valence-electron chi connectivity index (χ1n) is 7.56. The fraction of sp³-hybridized carbons (Fsp3) is 0.571. The van der Waals surface area contributed by atoms with Crippen LogP contribution in [0.4, 0.5) is 0 Å². The number of hydrogen-bond acceptors (Lipinski definition) is 4. The van der Waals surface area contributed by atoms with E-state index < -0.39 is 10.0 Å². The van der Waals surface area contributed by atoms with Crippen LogP contribution in [0.3, 0.4) is 0 Å². The van der Waals surface area contributed by atoms with E-state index in [4.69, 9.17) is 0 Å². The Balaban J connectivity index is 1.87. The molecular formula is C14H23N5O2S. The minimum Gasteiger partial charge on any atom is -0.357 e. The minimum atomic E-state index is -3.51. The smallest absolute Gasteiger partial charge is 0.242 e. The van der Waals surface area contributed by atoms with Crippen molar-refractivity contribution in [1.29, 1.82) is 0 Å². The van der Waals surface area contributed by atoms with Gasteiger partial charge in [-0.15, -0.1) is 0 Å². The number of sulfonamides is 1. The number of aromatic nitrogens is 1. The van der Waals surface area contributed by atoms with Gasteiger partial charge in [-0.3, -0.25) is 9.98 Å². The zero-order chi connectivity index (χ0) is 15.8. The first-order chi connectivity index (χ1) is 10.6. The molecule has 122 valence electrons. The number of guanidine groups is 1. The highest BCUT2D eigenvalue weighted by molar-refractivity contribution is 7.89. The van der Waals surface area contributed by atoms with Gasteiger partial charge >= 0.3 is 0 Å². The monoisotopic (exact) mass is 325 g/mol. The maximum absolute atomic E-state index is 12.0. The van der Waals surface area contributed by atoms with Crippen molar-refractivity contribution < 1.29 is 8.42 Å². The van der Waals surface area contributed by atoms with Crippen LogP contribution < -0.4 is 10.0 Å². The van der Waals surface area contributed by atoms with Crippen molar-refractivity contribution in [2.45, 2.75) is 24.7 Å². The molecule has 0 aromatic carbocycles. The SMILES string of the molecule is CCNC(=NCCNS(=O)(=O)c1cccnc1)N1CCCC1. The Kier molecular flexibility index (Phi) is 6.14. The summed E-state index contributed by atoms with van der Waals surface area (Å²) >= 11 is 0. The molecule has 0 radical (unpaired) electrons. The molecule has 7 nitrogen and oxygen atoms in total. The van der Waals surface area contributed by atoms with Crippen LogP contribution in [-0.2, 0) is 10.0 Å². The highest BCUT2D eigenvalue weighted by Gasteiger charge is 2.16. The van der Waals surface area contributed by atoms with Gasteiger partial charge in [0.1, 0.15) is 4.90 Å². The summed E-state index contributed by atoms with van der Waals surface area (Å²) in [7, 11) is -3.51.